The van der Waals surface area contributed by atoms with Gasteiger partial charge in [0.1, 0.15) is 0 Å². The van der Waals surface area contributed by atoms with E-state index in [1.165, 1.54) is 51.4 Å². The minimum atomic E-state index is 0.510. The Kier molecular flexibility index (Phi) is 4.45. The molecule has 2 unspecified atom stereocenters. The van der Waals surface area contributed by atoms with Crippen LogP contribution >= 0.6 is 0 Å². The molecule has 0 aromatic heterocycles. The highest BCUT2D eigenvalue weighted by Gasteiger charge is 2.29. The van der Waals surface area contributed by atoms with Crippen molar-refractivity contribution in [2.75, 3.05) is 6.54 Å². The molecule has 2 aliphatic rings. The number of hydrogen-bond acceptors (Lipinski definition) is 2. The molecule has 2 fully saturated rings. The van der Waals surface area contributed by atoms with Crippen LogP contribution < -0.4 is 5.32 Å². The lowest BCUT2D eigenvalue weighted by atomic mass is 9.90. The number of hydrogen-bond donors (Lipinski definition) is 1. The maximum absolute atomic E-state index is 6.17. The summed E-state index contributed by atoms with van der Waals surface area (Å²) in [6, 6.07) is 0.638. The molecular weight excluding hydrogens is 186 g/mol. The molecule has 0 aromatic carbocycles. The van der Waals surface area contributed by atoms with E-state index in [4.69, 9.17) is 4.74 Å². The van der Waals surface area contributed by atoms with E-state index in [0.717, 1.165) is 6.54 Å². The fraction of sp³-hybridized carbons (Fsp3) is 1.00. The molecule has 0 spiro atoms. The molecule has 2 atom stereocenters. The second-order valence-electron chi connectivity index (χ2n) is 5.07. The molecule has 15 heavy (non-hydrogen) atoms. The van der Waals surface area contributed by atoms with E-state index in [1.807, 2.05) is 0 Å². The first-order valence-electron chi connectivity index (χ1n) is 6.79. The minimum Gasteiger partial charge on any atom is -0.373 e. The number of nitrogens with one attached hydrogen (secondary N) is 1. The van der Waals surface area contributed by atoms with Crippen molar-refractivity contribution in [1.82, 2.24) is 5.32 Å². The quantitative estimate of drug-likeness (QED) is 0.755. The van der Waals surface area contributed by atoms with E-state index in [0.29, 0.717) is 18.2 Å². The molecule has 0 heterocycles. The van der Waals surface area contributed by atoms with Crippen molar-refractivity contribution in [3.05, 3.63) is 0 Å². The van der Waals surface area contributed by atoms with Crippen LogP contribution in [0.3, 0.4) is 0 Å². The lowest BCUT2D eigenvalue weighted by Gasteiger charge is -2.37. The van der Waals surface area contributed by atoms with Crippen molar-refractivity contribution in [1.29, 1.82) is 0 Å². The molecule has 2 heteroatoms. The van der Waals surface area contributed by atoms with Gasteiger partial charge >= 0.3 is 0 Å². The molecule has 2 rings (SSSR count). The Hall–Kier alpha value is -0.0800. The van der Waals surface area contributed by atoms with Gasteiger partial charge in [-0.2, -0.15) is 0 Å². The van der Waals surface area contributed by atoms with Crippen LogP contribution in [-0.2, 0) is 4.74 Å². The zero-order chi connectivity index (χ0) is 10.5. The van der Waals surface area contributed by atoms with Gasteiger partial charge in [-0.25, -0.2) is 0 Å². The zero-order valence-electron chi connectivity index (χ0n) is 10.0. The van der Waals surface area contributed by atoms with Crippen LogP contribution in [0.15, 0.2) is 0 Å². The summed E-state index contributed by atoms with van der Waals surface area (Å²) in [5, 5.41) is 3.65. The maximum atomic E-state index is 6.17. The van der Waals surface area contributed by atoms with Crippen molar-refractivity contribution in [2.24, 2.45) is 0 Å². The standard InChI is InChI=1S/C13H25NO/c1-2-10-14-12-8-3-4-9-13(12)15-11-6-5-7-11/h11-14H,2-10H2,1H3. The Morgan fingerprint density at radius 2 is 1.87 bits per heavy atom. The molecule has 2 nitrogen and oxygen atoms in total. The van der Waals surface area contributed by atoms with Gasteiger partial charge in [0.05, 0.1) is 12.2 Å². The van der Waals surface area contributed by atoms with Gasteiger partial charge < -0.3 is 10.1 Å². The van der Waals surface area contributed by atoms with Gasteiger partial charge in [-0.05, 0) is 45.1 Å². The van der Waals surface area contributed by atoms with E-state index in [2.05, 4.69) is 12.2 Å². The third-order valence-corrected chi connectivity index (χ3v) is 3.78. The maximum Gasteiger partial charge on any atom is 0.0731 e. The lowest BCUT2D eigenvalue weighted by Crippen LogP contribution is -2.46. The van der Waals surface area contributed by atoms with Crippen LogP contribution in [0, 0.1) is 0 Å². The Bertz CT molecular complexity index is 179. The first-order valence-corrected chi connectivity index (χ1v) is 6.79. The Labute approximate surface area is 93.8 Å². The Balaban J connectivity index is 1.76. The fourth-order valence-electron chi connectivity index (χ4n) is 2.58. The van der Waals surface area contributed by atoms with Gasteiger partial charge in [-0.15, -0.1) is 0 Å². The second kappa shape index (κ2) is 5.86. The van der Waals surface area contributed by atoms with Gasteiger partial charge in [0.25, 0.3) is 0 Å². The molecule has 2 aliphatic carbocycles. The molecule has 88 valence electrons. The van der Waals surface area contributed by atoms with Crippen LogP contribution in [0.2, 0.25) is 0 Å². The predicted molar refractivity (Wildman–Crippen MR) is 63.1 cm³/mol. The molecule has 0 saturated heterocycles. The van der Waals surface area contributed by atoms with Gasteiger partial charge in [-0.3, -0.25) is 0 Å². The van der Waals surface area contributed by atoms with Gasteiger partial charge in [0.2, 0.25) is 0 Å². The fourth-order valence-corrected chi connectivity index (χ4v) is 2.58. The highest BCUT2D eigenvalue weighted by atomic mass is 16.5. The van der Waals surface area contributed by atoms with Crippen molar-refractivity contribution >= 4 is 0 Å². The number of rotatable bonds is 5. The predicted octanol–water partition coefficient (Wildman–Crippen LogP) is 2.87. The van der Waals surface area contributed by atoms with E-state index < -0.39 is 0 Å². The van der Waals surface area contributed by atoms with Crippen LogP contribution in [0.5, 0.6) is 0 Å². The third kappa shape index (κ3) is 3.18. The molecule has 0 aliphatic heterocycles. The average molecular weight is 211 g/mol. The first-order chi connectivity index (χ1) is 7.40. The van der Waals surface area contributed by atoms with Crippen LogP contribution in [-0.4, -0.2) is 24.8 Å². The van der Waals surface area contributed by atoms with E-state index in [1.54, 1.807) is 0 Å². The summed E-state index contributed by atoms with van der Waals surface area (Å²) in [7, 11) is 0. The Morgan fingerprint density at radius 1 is 1.07 bits per heavy atom. The summed E-state index contributed by atoms with van der Waals surface area (Å²) in [5.74, 6) is 0. The van der Waals surface area contributed by atoms with E-state index in [-0.39, 0.29) is 0 Å². The van der Waals surface area contributed by atoms with Crippen molar-refractivity contribution in [2.45, 2.75) is 76.5 Å². The molecule has 0 radical (unpaired) electrons. The summed E-state index contributed by atoms with van der Waals surface area (Å²) < 4.78 is 6.17. The minimum absolute atomic E-state index is 0.510. The lowest BCUT2D eigenvalue weighted by molar-refractivity contribution is -0.0779. The van der Waals surface area contributed by atoms with Crippen molar-refractivity contribution in [3.8, 4) is 0 Å². The topological polar surface area (TPSA) is 21.3 Å². The molecule has 2 saturated carbocycles. The Morgan fingerprint density at radius 3 is 2.53 bits per heavy atom. The first kappa shape index (κ1) is 11.4. The van der Waals surface area contributed by atoms with Gasteiger partial charge in [0, 0.05) is 6.04 Å². The van der Waals surface area contributed by atoms with E-state index >= 15 is 0 Å². The van der Waals surface area contributed by atoms with Crippen LogP contribution in [0.4, 0.5) is 0 Å². The summed E-state index contributed by atoms with van der Waals surface area (Å²) >= 11 is 0. The zero-order valence-corrected chi connectivity index (χ0v) is 10.0. The summed E-state index contributed by atoms with van der Waals surface area (Å²) in [4.78, 5) is 0. The molecule has 0 aromatic rings. The van der Waals surface area contributed by atoms with E-state index in [9.17, 15) is 0 Å². The largest absolute Gasteiger partial charge is 0.373 e. The monoisotopic (exact) mass is 211 g/mol. The summed E-state index contributed by atoms with van der Waals surface area (Å²) in [6.07, 6.45) is 11.7. The highest BCUT2D eigenvalue weighted by molar-refractivity contribution is 4.84. The smallest absolute Gasteiger partial charge is 0.0731 e. The van der Waals surface area contributed by atoms with Crippen LogP contribution in [0.25, 0.3) is 0 Å². The van der Waals surface area contributed by atoms with Crippen molar-refractivity contribution in [3.63, 3.8) is 0 Å². The van der Waals surface area contributed by atoms with Gasteiger partial charge in [0.15, 0.2) is 0 Å². The van der Waals surface area contributed by atoms with Gasteiger partial charge in [-0.1, -0.05) is 19.8 Å². The average Bonchev–Trinajstić information content (AvgIpc) is 2.22. The van der Waals surface area contributed by atoms with Crippen molar-refractivity contribution < 1.29 is 4.74 Å². The molecular formula is C13H25NO. The third-order valence-electron chi connectivity index (χ3n) is 3.78. The molecule has 0 amide bonds. The summed E-state index contributed by atoms with van der Waals surface area (Å²) in [6.45, 7) is 3.38. The summed E-state index contributed by atoms with van der Waals surface area (Å²) in [5.41, 5.74) is 0. The normalized spacial score (nSPS) is 32.6. The molecule has 0 bridgehead atoms. The second-order valence-corrected chi connectivity index (χ2v) is 5.07. The highest BCUT2D eigenvalue weighted by Crippen LogP contribution is 2.29. The van der Waals surface area contributed by atoms with Crippen LogP contribution in [0.1, 0.15) is 58.3 Å². The SMILES string of the molecule is CCCNC1CCCCC1OC1CCC1. The molecule has 1 N–H and O–H groups in total. The number of ether oxygens (including phenoxy) is 1.